The van der Waals surface area contributed by atoms with E-state index in [-0.39, 0.29) is 17.9 Å². The van der Waals surface area contributed by atoms with Gasteiger partial charge in [0.2, 0.25) is 11.8 Å². The maximum atomic E-state index is 13.2. The summed E-state index contributed by atoms with van der Waals surface area (Å²) >= 11 is 13.6. The van der Waals surface area contributed by atoms with E-state index in [1.807, 2.05) is 69.3 Å². The number of thioether (sulfide) groups is 1. The molecule has 1 N–H and O–H groups in total. The molecule has 32 heavy (non-hydrogen) atoms. The number of rotatable bonds is 12. The number of nitrogens with zero attached hydrogens (tertiary/aromatic N) is 1. The Morgan fingerprint density at radius 3 is 2.12 bits per heavy atom. The molecule has 0 aliphatic carbocycles. The van der Waals surface area contributed by atoms with Gasteiger partial charge < -0.3 is 10.2 Å². The first-order chi connectivity index (χ1) is 15.3. The molecule has 0 aliphatic heterocycles. The van der Waals surface area contributed by atoms with Crippen LogP contribution in [0.2, 0.25) is 10.0 Å². The van der Waals surface area contributed by atoms with E-state index < -0.39 is 6.04 Å². The zero-order valence-electron chi connectivity index (χ0n) is 18.9. The fraction of sp³-hybridized carbons (Fsp3) is 0.440. The van der Waals surface area contributed by atoms with Crippen molar-refractivity contribution >= 4 is 46.8 Å². The Morgan fingerprint density at radius 2 is 1.56 bits per heavy atom. The molecule has 0 fully saturated rings. The number of carbonyl (C=O) groups excluding carboxylic acids is 2. The lowest BCUT2D eigenvalue weighted by atomic mass is 10.1. The molecule has 2 aromatic carbocycles. The van der Waals surface area contributed by atoms with Gasteiger partial charge in [0.05, 0.1) is 0 Å². The molecule has 174 valence electrons. The van der Waals surface area contributed by atoms with Crippen molar-refractivity contribution in [2.24, 2.45) is 0 Å². The summed E-state index contributed by atoms with van der Waals surface area (Å²) in [4.78, 5) is 29.0. The first-order valence-corrected chi connectivity index (χ1v) is 12.8. The van der Waals surface area contributed by atoms with Crippen LogP contribution in [0.25, 0.3) is 0 Å². The van der Waals surface area contributed by atoms with Crippen LogP contribution in [0.1, 0.15) is 52.0 Å². The van der Waals surface area contributed by atoms with E-state index in [4.69, 9.17) is 23.2 Å². The van der Waals surface area contributed by atoms with Crippen LogP contribution in [0.4, 0.5) is 0 Å². The third-order valence-corrected chi connectivity index (χ3v) is 6.87. The minimum atomic E-state index is -0.504. The van der Waals surface area contributed by atoms with Gasteiger partial charge in [-0.25, -0.2) is 0 Å². The van der Waals surface area contributed by atoms with E-state index in [1.165, 1.54) is 0 Å². The van der Waals surface area contributed by atoms with Crippen molar-refractivity contribution in [3.05, 3.63) is 64.1 Å². The Morgan fingerprint density at radius 1 is 0.969 bits per heavy atom. The summed E-state index contributed by atoms with van der Waals surface area (Å²) in [6.07, 6.45) is 2.52. The largest absolute Gasteiger partial charge is 0.352 e. The van der Waals surface area contributed by atoms with Gasteiger partial charge in [0.1, 0.15) is 6.04 Å². The van der Waals surface area contributed by atoms with Crippen LogP contribution in [0.3, 0.4) is 0 Å². The minimum absolute atomic E-state index is 0.0113. The summed E-state index contributed by atoms with van der Waals surface area (Å²) in [6, 6.07) is 14.7. The molecule has 0 spiro atoms. The fourth-order valence-electron chi connectivity index (χ4n) is 3.23. The second-order valence-electron chi connectivity index (χ2n) is 7.80. The molecule has 7 heteroatoms. The normalized spacial score (nSPS) is 12.8. The van der Waals surface area contributed by atoms with E-state index in [1.54, 1.807) is 16.7 Å². The molecule has 0 saturated heterocycles. The maximum absolute atomic E-state index is 13.2. The minimum Gasteiger partial charge on any atom is -0.352 e. The van der Waals surface area contributed by atoms with Gasteiger partial charge in [0.15, 0.2) is 0 Å². The highest BCUT2D eigenvalue weighted by molar-refractivity contribution is 7.99. The summed E-state index contributed by atoms with van der Waals surface area (Å²) in [5.74, 6) is 0.709. The standard InChI is InChI=1S/C25H32Cl2N2O2S/c1-4-18(3)28-25(31)23(5-2)29(17-19-8-10-20(26)11-9-19)24(30)7-6-16-32-22-14-12-21(27)13-15-22/h8-15,18,23H,4-7,16-17H2,1-3H3,(H,28,31)/t18-,23-/m0/s1. The molecule has 0 unspecified atom stereocenters. The van der Waals surface area contributed by atoms with Crippen LogP contribution in [0, 0.1) is 0 Å². The van der Waals surface area contributed by atoms with Crippen molar-refractivity contribution in [1.29, 1.82) is 0 Å². The van der Waals surface area contributed by atoms with Gasteiger partial charge in [0, 0.05) is 33.9 Å². The fourth-order valence-corrected chi connectivity index (χ4v) is 4.34. The van der Waals surface area contributed by atoms with Gasteiger partial charge in [-0.15, -0.1) is 11.8 Å². The lowest BCUT2D eigenvalue weighted by Crippen LogP contribution is -2.50. The average molecular weight is 496 g/mol. The highest BCUT2D eigenvalue weighted by atomic mass is 35.5. The van der Waals surface area contributed by atoms with E-state index in [2.05, 4.69) is 5.32 Å². The Kier molecular flexibility index (Phi) is 11.4. The third kappa shape index (κ3) is 8.68. The topological polar surface area (TPSA) is 49.4 Å². The van der Waals surface area contributed by atoms with Crippen LogP contribution >= 0.6 is 35.0 Å². The molecule has 2 aromatic rings. The zero-order chi connectivity index (χ0) is 23.5. The molecule has 2 amide bonds. The second-order valence-corrected chi connectivity index (χ2v) is 9.84. The molecule has 0 heterocycles. The Labute approximate surface area is 206 Å². The summed E-state index contributed by atoms with van der Waals surface area (Å²) in [7, 11) is 0. The lowest BCUT2D eigenvalue weighted by Gasteiger charge is -2.31. The molecule has 0 saturated carbocycles. The van der Waals surface area contributed by atoms with Gasteiger partial charge in [-0.2, -0.15) is 0 Å². The van der Waals surface area contributed by atoms with Gasteiger partial charge in [-0.3, -0.25) is 9.59 Å². The Balaban J connectivity index is 2.05. The molecule has 0 aromatic heterocycles. The van der Waals surface area contributed by atoms with Gasteiger partial charge in [-0.1, -0.05) is 49.2 Å². The number of amides is 2. The van der Waals surface area contributed by atoms with Crippen molar-refractivity contribution < 1.29 is 9.59 Å². The highest BCUT2D eigenvalue weighted by Gasteiger charge is 2.28. The summed E-state index contributed by atoms with van der Waals surface area (Å²) in [5.41, 5.74) is 0.952. The number of halogens is 2. The van der Waals surface area contributed by atoms with E-state index in [0.717, 1.165) is 29.1 Å². The second kappa shape index (κ2) is 13.8. The SMILES string of the molecule is CC[C@H](C)NC(=O)[C@H](CC)N(Cc1ccc(Cl)cc1)C(=O)CCCSc1ccc(Cl)cc1. The average Bonchev–Trinajstić information content (AvgIpc) is 2.78. The molecule has 0 aliphatic rings. The van der Waals surface area contributed by atoms with Crippen LogP contribution < -0.4 is 5.32 Å². The lowest BCUT2D eigenvalue weighted by molar-refractivity contribution is -0.141. The predicted molar refractivity (Wildman–Crippen MR) is 135 cm³/mol. The van der Waals surface area contributed by atoms with E-state index in [9.17, 15) is 9.59 Å². The Hall–Kier alpha value is -1.69. The summed E-state index contributed by atoms with van der Waals surface area (Å²) in [5, 5.41) is 4.39. The van der Waals surface area contributed by atoms with Crippen molar-refractivity contribution in [2.75, 3.05) is 5.75 Å². The Bertz CT molecular complexity index is 859. The highest BCUT2D eigenvalue weighted by Crippen LogP contribution is 2.22. The molecule has 2 rings (SSSR count). The number of hydrogen-bond donors (Lipinski definition) is 1. The smallest absolute Gasteiger partial charge is 0.243 e. The third-order valence-electron chi connectivity index (χ3n) is 5.27. The molecular formula is C25H32Cl2N2O2S. The van der Waals surface area contributed by atoms with Gasteiger partial charge >= 0.3 is 0 Å². The van der Waals surface area contributed by atoms with Crippen molar-refractivity contribution in [1.82, 2.24) is 10.2 Å². The first-order valence-electron chi connectivity index (χ1n) is 11.1. The first kappa shape index (κ1) is 26.6. The van der Waals surface area contributed by atoms with Crippen LogP contribution in [0.5, 0.6) is 0 Å². The van der Waals surface area contributed by atoms with E-state index in [0.29, 0.717) is 29.4 Å². The molecule has 4 nitrogen and oxygen atoms in total. The number of nitrogens with one attached hydrogen (secondary N) is 1. The van der Waals surface area contributed by atoms with Crippen molar-refractivity contribution in [3.8, 4) is 0 Å². The van der Waals surface area contributed by atoms with Crippen molar-refractivity contribution in [2.45, 2.75) is 70.0 Å². The number of benzene rings is 2. The maximum Gasteiger partial charge on any atom is 0.243 e. The van der Waals surface area contributed by atoms with Crippen molar-refractivity contribution in [3.63, 3.8) is 0 Å². The molecule has 2 atom stereocenters. The number of hydrogen-bond acceptors (Lipinski definition) is 3. The summed E-state index contributed by atoms with van der Waals surface area (Å²) in [6.45, 7) is 6.33. The molecule has 0 bridgehead atoms. The van der Waals surface area contributed by atoms with Crippen LogP contribution in [0.15, 0.2) is 53.4 Å². The van der Waals surface area contributed by atoms with Crippen LogP contribution in [-0.4, -0.2) is 34.6 Å². The predicted octanol–water partition coefficient (Wildman–Crippen LogP) is 6.59. The molecule has 0 radical (unpaired) electrons. The van der Waals surface area contributed by atoms with Crippen LogP contribution in [-0.2, 0) is 16.1 Å². The summed E-state index contributed by atoms with van der Waals surface area (Å²) < 4.78 is 0. The monoisotopic (exact) mass is 494 g/mol. The zero-order valence-corrected chi connectivity index (χ0v) is 21.3. The van der Waals surface area contributed by atoms with Gasteiger partial charge in [0.25, 0.3) is 0 Å². The quantitative estimate of drug-likeness (QED) is 0.267. The van der Waals surface area contributed by atoms with E-state index >= 15 is 0 Å². The number of carbonyl (C=O) groups is 2. The van der Waals surface area contributed by atoms with Gasteiger partial charge in [-0.05, 0) is 73.9 Å². The molecular weight excluding hydrogens is 463 g/mol.